The minimum absolute atomic E-state index is 0.185. The molecule has 0 saturated heterocycles. The van der Waals surface area contributed by atoms with Crippen molar-refractivity contribution in [1.82, 2.24) is 0 Å². The molecule has 1 aromatic heterocycles. The van der Waals surface area contributed by atoms with Gasteiger partial charge in [0.15, 0.2) is 5.76 Å². The number of nitrogens with one attached hydrogen (secondary N) is 1. The van der Waals surface area contributed by atoms with Gasteiger partial charge in [-0.1, -0.05) is 6.07 Å². The molecule has 2 aromatic rings. The van der Waals surface area contributed by atoms with Gasteiger partial charge >= 0.3 is 0 Å². The Hall–Kier alpha value is -2.03. The summed E-state index contributed by atoms with van der Waals surface area (Å²) in [7, 11) is 0. The van der Waals surface area contributed by atoms with Crippen LogP contribution in [0.25, 0.3) is 0 Å². The molecule has 1 aromatic carbocycles. The molecule has 1 aliphatic rings. The number of fused-ring (bicyclic) bond motifs is 1. The van der Waals surface area contributed by atoms with Gasteiger partial charge in [-0.15, -0.1) is 0 Å². The Morgan fingerprint density at radius 1 is 1.22 bits per heavy atom. The van der Waals surface area contributed by atoms with E-state index < -0.39 is 0 Å². The molecule has 3 heteroatoms. The van der Waals surface area contributed by atoms with Crippen molar-refractivity contribution in [3.8, 4) is 0 Å². The Labute approximate surface area is 106 Å². The van der Waals surface area contributed by atoms with Gasteiger partial charge in [0.1, 0.15) is 0 Å². The molecule has 0 spiro atoms. The van der Waals surface area contributed by atoms with Gasteiger partial charge in [0, 0.05) is 11.3 Å². The quantitative estimate of drug-likeness (QED) is 0.876. The van der Waals surface area contributed by atoms with Crippen LogP contribution in [-0.2, 0) is 12.8 Å². The van der Waals surface area contributed by atoms with Crippen LogP contribution in [0.3, 0.4) is 0 Å². The number of anilines is 1. The van der Waals surface area contributed by atoms with E-state index in [4.69, 9.17) is 4.42 Å². The summed E-state index contributed by atoms with van der Waals surface area (Å²) in [6.45, 7) is 1.86. The molecule has 0 radical (unpaired) electrons. The molecule has 1 N–H and O–H groups in total. The highest BCUT2D eigenvalue weighted by molar-refractivity contribution is 6.03. The third kappa shape index (κ3) is 1.92. The first-order valence-corrected chi connectivity index (χ1v) is 6.21. The van der Waals surface area contributed by atoms with Gasteiger partial charge < -0.3 is 9.73 Å². The molecule has 0 bridgehead atoms. The Morgan fingerprint density at radius 2 is 2.06 bits per heavy atom. The zero-order valence-electron chi connectivity index (χ0n) is 10.3. The zero-order valence-corrected chi connectivity index (χ0v) is 10.3. The first-order valence-electron chi connectivity index (χ1n) is 6.21. The fourth-order valence-electron chi connectivity index (χ4n) is 2.44. The topological polar surface area (TPSA) is 42.2 Å². The van der Waals surface area contributed by atoms with E-state index in [2.05, 4.69) is 17.4 Å². The molecular weight excluding hydrogens is 226 g/mol. The van der Waals surface area contributed by atoms with Crippen molar-refractivity contribution in [2.24, 2.45) is 0 Å². The molecule has 0 fully saturated rings. The Bertz CT molecular complexity index is 598. The van der Waals surface area contributed by atoms with Gasteiger partial charge in [0.05, 0.1) is 6.26 Å². The molecule has 0 aliphatic heterocycles. The molecule has 0 unspecified atom stereocenters. The minimum atomic E-state index is -0.185. The Kier molecular flexibility index (Phi) is 2.67. The van der Waals surface area contributed by atoms with E-state index in [0.29, 0.717) is 5.76 Å². The summed E-state index contributed by atoms with van der Waals surface area (Å²) >= 11 is 0. The number of aryl methyl sites for hydroxylation is 3. The van der Waals surface area contributed by atoms with Crippen LogP contribution in [0.15, 0.2) is 34.9 Å². The van der Waals surface area contributed by atoms with Crippen LogP contribution < -0.4 is 5.32 Å². The lowest BCUT2D eigenvalue weighted by Gasteiger charge is -2.06. The summed E-state index contributed by atoms with van der Waals surface area (Å²) in [6.07, 6.45) is 5.01. The van der Waals surface area contributed by atoms with E-state index in [1.54, 1.807) is 6.07 Å². The van der Waals surface area contributed by atoms with Crippen LogP contribution in [0, 0.1) is 6.92 Å². The van der Waals surface area contributed by atoms with E-state index in [0.717, 1.165) is 24.1 Å². The van der Waals surface area contributed by atoms with Crippen molar-refractivity contribution in [1.29, 1.82) is 0 Å². The molecule has 3 nitrogen and oxygen atoms in total. The number of benzene rings is 1. The average molecular weight is 241 g/mol. The highest BCUT2D eigenvalue weighted by atomic mass is 16.3. The zero-order chi connectivity index (χ0) is 12.5. The van der Waals surface area contributed by atoms with Gasteiger partial charge in [0.2, 0.25) is 0 Å². The normalized spacial score (nSPS) is 13.4. The lowest BCUT2D eigenvalue weighted by atomic mass is 10.1. The van der Waals surface area contributed by atoms with E-state index in [-0.39, 0.29) is 5.91 Å². The first-order chi connectivity index (χ1) is 8.74. The lowest BCUT2D eigenvalue weighted by Crippen LogP contribution is -2.12. The molecule has 92 valence electrons. The van der Waals surface area contributed by atoms with Gasteiger partial charge in [-0.3, -0.25) is 4.79 Å². The minimum Gasteiger partial charge on any atom is -0.459 e. The van der Waals surface area contributed by atoms with E-state index in [1.165, 1.54) is 23.8 Å². The maximum absolute atomic E-state index is 12.0. The van der Waals surface area contributed by atoms with Crippen LogP contribution in [0.4, 0.5) is 5.69 Å². The van der Waals surface area contributed by atoms with E-state index >= 15 is 0 Å². The van der Waals surface area contributed by atoms with E-state index in [1.807, 2.05) is 13.0 Å². The summed E-state index contributed by atoms with van der Waals surface area (Å²) in [5, 5.41) is 2.88. The van der Waals surface area contributed by atoms with Gasteiger partial charge in [-0.2, -0.15) is 0 Å². The second-order valence-corrected chi connectivity index (χ2v) is 4.72. The Balaban J connectivity index is 1.81. The second kappa shape index (κ2) is 4.33. The van der Waals surface area contributed by atoms with Crippen molar-refractivity contribution in [3.63, 3.8) is 0 Å². The van der Waals surface area contributed by atoms with Crippen molar-refractivity contribution < 1.29 is 9.21 Å². The number of carbonyl (C=O) groups excluding carboxylic acids is 1. The lowest BCUT2D eigenvalue weighted by molar-refractivity contribution is 0.0996. The SMILES string of the molecule is Cc1ccoc1C(=O)Nc1ccc2c(c1)CCC2. The van der Waals surface area contributed by atoms with Crippen molar-refractivity contribution in [3.05, 3.63) is 53.0 Å². The first kappa shape index (κ1) is 11.1. The van der Waals surface area contributed by atoms with Gasteiger partial charge in [-0.05, 0) is 55.5 Å². The number of hydrogen-bond acceptors (Lipinski definition) is 2. The van der Waals surface area contributed by atoms with E-state index in [9.17, 15) is 4.79 Å². The maximum Gasteiger partial charge on any atom is 0.291 e. The van der Waals surface area contributed by atoms with Crippen molar-refractivity contribution in [2.75, 3.05) is 5.32 Å². The van der Waals surface area contributed by atoms with Gasteiger partial charge in [-0.25, -0.2) is 0 Å². The highest BCUT2D eigenvalue weighted by Crippen LogP contribution is 2.25. The second-order valence-electron chi connectivity index (χ2n) is 4.72. The highest BCUT2D eigenvalue weighted by Gasteiger charge is 2.15. The smallest absolute Gasteiger partial charge is 0.291 e. The number of carbonyl (C=O) groups is 1. The van der Waals surface area contributed by atoms with Crippen LogP contribution >= 0.6 is 0 Å². The largest absolute Gasteiger partial charge is 0.459 e. The van der Waals surface area contributed by atoms with Gasteiger partial charge in [0.25, 0.3) is 5.91 Å². The molecule has 1 amide bonds. The number of hydrogen-bond donors (Lipinski definition) is 1. The fraction of sp³-hybridized carbons (Fsp3) is 0.267. The molecule has 0 saturated carbocycles. The summed E-state index contributed by atoms with van der Waals surface area (Å²) in [5.74, 6) is 0.200. The third-order valence-electron chi connectivity index (χ3n) is 3.42. The Morgan fingerprint density at radius 3 is 2.83 bits per heavy atom. The molecule has 1 aliphatic carbocycles. The number of furan rings is 1. The van der Waals surface area contributed by atoms with Crippen LogP contribution in [0.1, 0.15) is 33.7 Å². The fourth-order valence-corrected chi connectivity index (χ4v) is 2.44. The van der Waals surface area contributed by atoms with Crippen molar-refractivity contribution in [2.45, 2.75) is 26.2 Å². The molecule has 18 heavy (non-hydrogen) atoms. The standard InChI is InChI=1S/C15H15NO2/c1-10-7-8-18-14(10)15(17)16-13-6-5-11-3-2-4-12(11)9-13/h5-9H,2-4H2,1H3,(H,16,17). The number of rotatable bonds is 2. The van der Waals surface area contributed by atoms with Crippen LogP contribution in [0.5, 0.6) is 0 Å². The third-order valence-corrected chi connectivity index (χ3v) is 3.42. The number of amides is 1. The van der Waals surface area contributed by atoms with Crippen molar-refractivity contribution >= 4 is 11.6 Å². The summed E-state index contributed by atoms with van der Waals surface area (Å²) < 4.78 is 5.18. The molecule has 3 rings (SSSR count). The molecular formula is C15H15NO2. The monoisotopic (exact) mass is 241 g/mol. The molecule has 1 heterocycles. The predicted octanol–water partition coefficient (Wildman–Crippen LogP) is 3.33. The predicted molar refractivity (Wildman–Crippen MR) is 69.9 cm³/mol. The maximum atomic E-state index is 12.0. The summed E-state index contributed by atoms with van der Waals surface area (Å²) in [4.78, 5) is 12.0. The summed E-state index contributed by atoms with van der Waals surface area (Å²) in [5.41, 5.74) is 4.45. The van der Waals surface area contributed by atoms with Crippen LogP contribution in [0.2, 0.25) is 0 Å². The molecule has 0 atom stereocenters. The average Bonchev–Trinajstić information content (AvgIpc) is 2.96. The van der Waals surface area contributed by atoms with Crippen LogP contribution in [-0.4, -0.2) is 5.91 Å². The summed E-state index contributed by atoms with van der Waals surface area (Å²) in [6, 6.07) is 7.92.